The first kappa shape index (κ1) is 23.4. The Morgan fingerprint density at radius 1 is 0.861 bits per heavy atom. The lowest BCUT2D eigenvalue weighted by molar-refractivity contribution is -0.159. The van der Waals surface area contributed by atoms with E-state index in [1.54, 1.807) is 53.1 Å². The van der Waals surface area contributed by atoms with Crippen molar-refractivity contribution < 1.29 is 23.5 Å². The number of carbonyl (C=O) groups is 3. The molecule has 1 saturated heterocycles. The molecule has 182 valence electrons. The molecule has 1 aliphatic heterocycles. The summed E-state index contributed by atoms with van der Waals surface area (Å²) in [5.41, 5.74) is 1.22. The van der Waals surface area contributed by atoms with Crippen molar-refractivity contribution in [3.63, 3.8) is 0 Å². The standard InChI is InChI=1S/C28H23FN2O5/c29-19-14-12-18(13-15-19)27(34)30-16-6-5-11-24(28(30)35)36-25(32)17-31-22-9-3-1-7-20(22)26(33)21-8-2-4-10-23(21)31/h1-4,7-10,12-15,24H,5-6,11,16-17H2. The van der Waals surface area contributed by atoms with Gasteiger partial charge in [0.15, 0.2) is 11.5 Å². The van der Waals surface area contributed by atoms with E-state index in [-0.39, 0.29) is 24.1 Å². The monoisotopic (exact) mass is 486 g/mol. The van der Waals surface area contributed by atoms with Crippen molar-refractivity contribution >= 4 is 39.6 Å². The predicted octanol–water partition coefficient (Wildman–Crippen LogP) is 4.06. The number of ether oxygens (including phenoxy) is 1. The van der Waals surface area contributed by atoms with Gasteiger partial charge in [-0.2, -0.15) is 0 Å². The molecule has 0 N–H and O–H groups in total. The Labute approximate surface area is 205 Å². The summed E-state index contributed by atoms with van der Waals surface area (Å²) in [4.78, 5) is 53.2. The number of aromatic nitrogens is 1. The third kappa shape index (κ3) is 4.37. The molecule has 0 radical (unpaired) electrons. The average molecular weight is 486 g/mol. The first-order valence-electron chi connectivity index (χ1n) is 11.7. The molecule has 7 nitrogen and oxygen atoms in total. The van der Waals surface area contributed by atoms with Crippen LogP contribution in [-0.4, -0.2) is 39.9 Å². The summed E-state index contributed by atoms with van der Waals surface area (Å²) in [6, 6.07) is 19.0. The van der Waals surface area contributed by atoms with E-state index in [2.05, 4.69) is 0 Å². The SMILES string of the molecule is O=C(Cn1c2ccccc2c(=O)c2ccccc21)OC1CCCCN(C(=O)c2ccc(F)cc2)C1=O. The molecule has 1 atom stereocenters. The number of nitrogens with zero attached hydrogens (tertiary/aromatic N) is 2. The number of para-hydroxylation sites is 2. The average Bonchev–Trinajstić information content (AvgIpc) is 3.07. The van der Waals surface area contributed by atoms with E-state index in [9.17, 15) is 23.6 Å². The molecule has 0 spiro atoms. The minimum absolute atomic E-state index is 0.125. The number of fused-ring (bicyclic) bond motifs is 2. The van der Waals surface area contributed by atoms with Crippen LogP contribution in [0.3, 0.4) is 0 Å². The van der Waals surface area contributed by atoms with Crippen LogP contribution in [-0.2, 0) is 20.9 Å². The molecule has 2 heterocycles. The molecule has 1 aliphatic rings. The third-order valence-electron chi connectivity index (χ3n) is 6.42. The van der Waals surface area contributed by atoms with Crippen molar-refractivity contribution in [1.82, 2.24) is 9.47 Å². The van der Waals surface area contributed by atoms with Gasteiger partial charge in [0, 0.05) is 22.9 Å². The molecule has 36 heavy (non-hydrogen) atoms. The van der Waals surface area contributed by atoms with Gasteiger partial charge < -0.3 is 9.30 Å². The van der Waals surface area contributed by atoms with Crippen LogP contribution in [0.4, 0.5) is 4.39 Å². The molecule has 1 unspecified atom stereocenters. The van der Waals surface area contributed by atoms with Gasteiger partial charge in [0.1, 0.15) is 12.4 Å². The number of esters is 1. The highest BCUT2D eigenvalue weighted by atomic mass is 19.1. The Balaban J connectivity index is 1.41. The first-order chi connectivity index (χ1) is 17.4. The van der Waals surface area contributed by atoms with Gasteiger partial charge >= 0.3 is 5.97 Å². The summed E-state index contributed by atoms with van der Waals surface area (Å²) in [5.74, 6) is -2.28. The maximum absolute atomic E-state index is 13.3. The van der Waals surface area contributed by atoms with Gasteiger partial charge in [-0.25, -0.2) is 4.39 Å². The highest BCUT2D eigenvalue weighted by Crippen LogP contribution is 2.21. The van der Waals surface area contributed by atoms with Gasteiger partial charge in [-0.05, 0) is 67.8 Å². The Kier molecular flexibility index (Phi) is 6.33. The number of likely N-dealkylation sites (tertiary alicyclic amines) is 1. The quantitative estimate of drug-likeness (QED) is 0.247. The molecular weight excluding hydrogens is 463 g/mol. The zero-order chi connectivity index (χ0) is 25.2. The Morgan fingerprint density at radius 3 is 2.11 bits per heavy atom. The largest absolute Gasteiger partial charge is 0.451 e. The van der Waals surface area contributed by atoms with Crippen molar-refractivity contribution in [2.24, 2.45) is 0 Å². The van der Waals surface area contributed by atoms with Gasteiger partial charge in [-0.3, -0.25) is 24.1 Å². The fourth-order valence-corrected chi connectivity index (χ4v) is 4.64. The lowest BCUT2D eigenvalue weighted by Crippen LogP contribution is -2.44. The third-order valence-corrected chi connectivity index (χ3v) is 6.42. The highest BCUT2D eigenvalue weighted by molar-refractivity contribution is 6.06. The number of hydrogen-bond acceptors (Lipinski definition) is 5. The fourth-order valence-electron chi connectivity index (χ4n) is 4.64. The van der Waals surface area contributed by atoms with Crippen molar-refractivity contribution in [2.45, 2.75) is 31.9 Å². The summed E-state index contributed by atoms with van der Waals surface area (Å²) < 4.78 is 20.6. The van der Waals surface area contributed by atoms with E-state index in [4.69, 9.17) is 4.74 Å². The number of pyridine rings is 1. The molecule has 1 fully saturated rings. The summed E-state index contributed by atoms with van der Waals surface area (Å²) in [5, 5.41) is 0.955. The second-order valence-electron chi connectivity index (χ2n) is 8.73. The molecule has 4 aromatic rings. The van der Waals surface area contributed by atoms with Crippen molar-refractivity contribution in [2.75, 3.05) is 6.54 Å². The topological polar surface area (TPSA) is 85.7 Å². The molecule has 2 amide bonds. The summed E-state index contributed by atoms with van der Waals surface area (Å²) >= 11 is 0. The Bertz CT molecular complexity index is 1480. The highest BCUT2D eigenvalue weighted by Gasteiger charge is 2.34. The molecule has 5 rings (SSSR count). The lowest BCUT2D eigenvalue weighted by Gasteiger charge is -2.23. The number of hydrogen-bond donors (Lipinski definition) is 0. The van der Waals surface area contributed by atoms with Crippen LogP contribution in [0.1, 0.15) is 29.6 Å². The molecular formula is C28H23FN2O5. The van der Waals surface area contributed by atoms with Crippen molar-refractivity contribution in [3.05, 3.63) is 94.4 Å². The van der Waals surface area contributed by atoms with Gasteiger partial charge in [0.25, 0.3) is 11.8 Å². The number of amides is 2. The smallest absolute Gasteiger partial charge is 0.326 e. The molecule has 3 aromatic carbocycles. The Hall–Kier alpha value is -4.33. The lowest BCUT2D eigenvalue weighted by atomic mass is 10.1. The van der Waals surface area contributed by atoms with Gasteiger partial charge in [0.2, 0.25) is 0 Å². The molecule has 0 bridgehead atoms. The summed E-state index contributed by atoms with van der Waals surface area (Å²) in [6.07, 6.45) is 0.354. The van der Waals surface area contributed by atoms with E-state index in [0.717, 1.165) is 17.0 Å². The van der Waals surface area contributed by atoms with Crippen LogP contribution in [0.5, 0.6) is 0 Å². The zero-order valence-corrected chi connectivity index (χ0v) is 19.4. The maximum Gasteiger partial charge on any atom is 0.326 e. The minimum atomic E-state index is -1.11. The van der Waals surface area contributed by atoms with Crippen LogP contribution in [0.25, 0.3) is 21.8 Å². The number of rotatable bonds is 4. The van der Waals surface area contributed by atoms with E-state index in [1.807, 2.05) is 0 Å². The van der Waals surface area contributed by atoms with Crippen LogP contribution < -0.4 is 5.43 Å². The van der Waals surface area contributed by atoms with E-state index in [0.29, 0.717) is 41.1 Å². The van der Waals surface area contributed by atoms with Crippen LogP contribution >= 0.6 is 0 Å². The van der Waals surface area contributed by atoms with Crippen molar-refractivity contribution in [1.29, 1.82) is 0 Å². The van der Waals surface area contributed by atoms with E-state index in [1.165, 1.54) is 12.1 Å². The van der Waals surface area contributed by atoms with E-state index >= 15 is 0 Å². The number of halogens is 1. The first-order valence-corrected chi connectivity index (χ1v) is 11.7. The summed E-state index contributed by atoms with van der Waals surface area (Å²) in [6.45, 7) is -0.0188. The van der Waals surface area contributed by atoms with Crippen molar-refractivity contribution in [3.8, 4) is 0 Å². The molecule has 0 aliphatic carbocycles. The van der Waals surface area contributed by atoms with Crippen LogP contribution in [0.15, 0.2) is 77.6 Å². The predicted molar refractivity (Wildman–Crippen MR) is 132 cm³/mol. The second kappa shape index (κ2) is 9.73. The number of carbonyl (C=O) groups excluding carboxylic acids is 3. The summed E-state index contributed by atoms with van der Waals surface area (Å²) in [7, 11) is 0. The zero-order valence-electron chi connectivity index (χ0n) is 19.4. The normalized spacial score (nSPS) is 16.2. The van der Waals surface area contributed by atoms with Crippen LogP contribution in [0, 0.1) is 5.82 Å². The molecule has 1 aromatic heterocycles. The molecule has 8 heteroatoms. The number of imide groups is 1. The molecule has 0 saturated carbocycles. The van der Waals surface area contributed by atoms with Gasteiger partial charge in [0.05, 0.1) is 11.0 Å². The number of benzene rings is 3. The maximum atomic E-state index is 13.3. The van der Waals surface area contributed by atoms with Gasteiger partial charge in [-0.1, -0.05) is 24.3 Å². The van der Waals surface area contributed by atoms with Crippen LogP contribution in [0.2, 0.25) is 0 Å². The fraction of sp³-hybridized carbons (Fsp3) is 0.214. The van der Waals surface area contributed by atoms with Gasteiger partial charge in [-0.15, -0.1) is 0 Å². The Morgan fingerprint density at radius 2 is 1.47 bits per heavy atom. The minimum Gasteiger partial charge on any atom is -0.451 e. The second-order valence-corrected chi connectivity index (χ2v) is 8.73. The van der Waals surface area contributed by atoms with E-state index < -0.39 is 29.7 Å².